The second kappa shape index (κ2) is 5.72. The molecule has 2 atom stereocenters. The number of halogens is 1. The molecule has 1 aromatic rings. The maximum atomic E-state index is 12.2. The van der Waals surface area contributed by atoms with E-state index in [4.69, 9.17) is 16.3 Å². The van der Waals surface area contributed by atoms with Crippen molar-refractivity contribution >= 4 is 17.5 Å². The molecule has 1 aromatic carbocycles. The Kier molecular flexibility index (Phi) is 4.25. The Morgan fingerprint density at radius 3 is 2.39 bits per heavy atom. The van der Waals surface area contributed by atoms with Crippen molar-refractivity contribution in [3.63, 3.8) is 0 Å². The minimum absolute atomic E-state index is 0.114. The Balaban J connectivity index is 1.97. The number of hydrogen-bond acceptors (Lipinski definition) is 2. The molecular formula is C14H18ClNO2. The maximum absolute atomic E-state index is 12.2. The molecule has 0 aliphatic carbocycles. The summed E-state index contributed by atoms with van der Waals surface area (Å²) in [6.07, 6.45) is 0.655. The molecule has 18 heavy (non-hydrogen) atoms. The highest BCUT2D eigenvalue weighted by Crippen LogP contribution is 2.14. The Hall–Kier alpha value is -1.06. The van der Waals surface area contributed by atoms with Crippen LogP contribution in [0.15, 0.2) is 24.3 Å². The molecule has 0 radical (unpaired) electrons. The van der Waals surface area contributed by atoms with Gasteiger partial charge in [-0.15, -0.1) is 0 Å². The summed E-state index contributed by atoms with van der Waals surface area (Å²) in [5, 5.41) is 0.694. The first-order valence-corrected chi connectivity index (χ1v) is 6.60. The van der Waals surface area contributed by atoms with E-state index in [-0.39, 0.29) is 18.1 Å². The highest BCUT2D eigenvalue weighted by atomic mass is 35.5. The highest BCUT2D eigenvalue weighted by Gasteiger charge is 2.25. The number of benzene rings is 1. The second-order valence-electron chi connectivity index (χ2n) is 4.86. The van der Waals surface area contributed by atoms with Gasteiger partial charge in [0, 0.05) is 18.1 Å². The van der Waals surface area contributed by atoms with Gasteiger partial charge in [-0.2, -0.15) is 0 Å². The molecule has 1 fully saturated rings. The summed E-state index contributed by atoms with van der Waals surface area (Å²) in [4.78, 5) is 14.1. The summed E-state index contributed by atoms with van der Waals surface area (Å²) in [5.41, 5.74) is 0.996. The maximum Gasteiger partial charge on any atom is 0.227 e. The van der Waals surface area contributed by atoms with E-state index in [1.54, 1.807) is 0 Å². The van der Waals surface area contributed by atoms with Crippen LogP contribution in [0.25, 0.3) is 0 Å². The molecule has 0 N–H and O–H groups in total. The zero-order valence-corrected chi connectivity index (χ0v) is 11.5. The van der Waals surface area contributed by atoms with Gasteiger partial charge in [0.1, 0.15) is 0 Å². The molecule has 0 aromatic heterocycles. The molecule has 0 spiro atoms. The van der Waals surface area contributed by atoms with E-state index in [9.17, 15) is 4.79 Å². The summed E-state index contributed by atoms with van der Waals surface area (Å²) in [6, 6.07) is 7.42. The molecule has 1 saturated heterocycles. The first-order chi connectivity index (χ1) is 8.54. The SMILES string of the molecule is C[C@@H]1CN(C(=O)Cc2ccc(Cl)cc2)C[C@@H](C)O1. The van der Waals surface area contributed by atoms with E-state index in [1.807, 2.05) is 43.0 Å². The summed E-state index contributed by atoms with van der Waals surface area (Å²) >= 11 is 5.82. The van der Waals surface area contributed by atoms with E-state index in [0.717, 1.165) is 5.56 Å². The zero-order valence-electron chi connectivity index (χ0n) is 10.7. The number of rotatable bonds is 2. The average Bonchev–Trinajstić information content (AvgIpc) is 2.31. The van der Waals surface area contributed by atoms with Crippen LogP contribution in [-0.4, -0.2) is 36.1 Å². The minimum atomic E-state index is 0.114. The first kappa shape index (κ1) is 13.4. The molecule has 1 aliphatic rings. The van der Waals surface area contributed by atoms with Crippen molar-refractivity contribution in [3.8, 4) is 0 Å². The van der Waals surface area contributed by atoms with Crippen LogP contribution in [0.5, 0.6) is 0 Å². The summed E-state index contributed by atoms with van der Waals surface area (Å²) < 4.78 is 5.62. The van der Waals surface area contributed by atoms with Crippen molar-refractivity contribution in [1.29, 1.82) is 0 Å². The molecule has 1 heterocycles. The van der Waals surface area contributed by atoms with Crippen LogP contribution in [0, 0.1) is 0 Å². The fourth-order valence-corrected chi connectivity index (χ4v) is 2.40. The van der Waals surface area contributed by atoms with Crippen molar-refractivity contribution < 1.29 is 9.53 Å². The standard InChI is InChI=1S/C14H18ClNO2/c1-10-8-16(9-11(2)18-10)14(17)7-12-3-5-13(15)6-4-12/h3-6,10-11H,7-9H2,1-2H3/t10-,11-/m1/s1. The monoisotopic (exact) mass is 267 g/mol. The largest absolute Gasteiger partial charge is 0.372 e. The molecule has 0 unspecified atom stereocenters. The highest BCUT2D eigenvalue weighted by molar-refractivity contribution is 6.30. The number of carbonyl (C=O) groups is 1. The van der Waals surface area contributed by atoms with Gasteiger partial charge in [0.15, 0.2) is 0 Å². The molecule has 2 rings (SSSR count). The van der Waals surface area contributed by atoms with Crippen molar-refractivity contribution in [3.05, 3.63) is 34.9 Å². The lowest BCUT2D eigenvalue weighted by Crippen LogP contribution is -2.48. The van der Waals surface area contributed by atoms with E-state index in [0.29, 0.717) is 24.5 Å². The van der Waals surface area contributed by atoms with Gasteiger partial charge in [-0.05, 0) is 31.5 Å². The molecule has 3 nitrogen and oxygen atoms in total. The molecule has 4 heteroatoms. The fourth-order valence-electron chi connectivity index (χ4n) is 2.27. The van der Waals surface area contributed by atoms with E-state index < -0.39 is 0 Å². The van der Waals surface area contributed by atoms with Gasteiger partial charge in [0.05, 0.1) is 18.6 Å². The Labute approximate surface area is 113 Å². The van der Waals surface area contributed by atoms with Crippen LogP contribution in [-0.2, 0) is 16.0 Å². The zero-order chi connectivity index (χ0) is 13.1. The minimum Gasteiger partial charge on any atom is -0.372 e. The molecule has 98 valence electrons. The Morgan fingerprint density at radius 2 is 1.83 bits per heavy atom. The predicted molar refractivity (Wildman–Crippen MR) is 71.7 cm³/mol. The van der Waals surface area contributed by atoms with Crippen LogP contribution >= 0.6 is 11.6 Å². The van der Waals surface area contributed by atoms with E-state index >= 15 is 0 Å². The lowest BCUT2D eigenvalue weighted by molar-refractivity contribution is -0.142. The lowest BCUT2D eigenvalue weighted by atomic mass is 10.1. The third-order valence-corrected chi connectivity index (χ3v) is 3.29. The van der Waals surface area contributed by atoms with Crippen LogP contribution in [0.3, 0.4) is 0 Å². The summed E-state index contributed by atoms with van der Waals surface area (Å²) in [5.74, 6) is 0.152. The predicted octanol–water partition coefficient (Wildman–Crippen LogP) is 2.52. The van der Waals surface area contributed by atoms with Crippen LogP contribution in [0.1, 0.15) is 19.4 Å². The molecule has 1 amide bonds. The Bertz CT molecular complexity index is 408. The summed E-state index contributed by atoms with van der Waals surface area (Å²) in [7, 11) is 0. The number of nitrogens with zero attached hydrogens (tertiary/aromatic N) is 1. The van der Waals surface area contributed by atoms with Crippen molar-refractivity contribution in [2.75, 3.05) is 13.1 Å². The van der Waals surface area contributed by atoms with Gasteiger partial charge in [-0.1, -0.05) is 23.7 Å². The smallest absolute Gasteiger partial charge is 0.227 e. The van der Waals surface area contributed by atoms with Crippen molar-refractivity contribution in [2.45, 2.75) is 32.5 Å². The first-order valence-electron chi connectivity index (χ1n) is 6.22. The topological polar surface area (TPSA) is 29.5 Å². The molecular weight excluding hydrogens is 250 g/mol. The number of morpholine rings is 1. The quantitative estimate of drug-likeness (QED) is 0.824. The number of ether oxygens (including phenoxy) is 1. The molecule has 0 saturated carbocycles. The van der Waals surface area contributed by atoms with Crippen molar-refractivity contribution in [1.82, 2.24) is 4.90 Å². The number of hydrogen-bond donors (Lipinski definition) is 0. The van der Waals surface area contributed by atoms with Gasteiger partial charge >= 0.3 is 0 Å². The van der Waals surface area contributed by atoms with Crippen molar-refractivity contribution in [2.24, 2.45) is 0 Å². The van der Waals surface area contributed by atoms with Gasteiger partial charge in [-0.3, -0.25) is 4.79 Å². The van der Waals surface area contributed by atoms with E-state index in [2.05, 4.69) is 0 Å². The average molecular weight is 268 g/mol. The van der Waals surface area contributed by atoms with Gasteiger partial charge < -0.3 is 9.64 Å². The van der Waals surface area contributed by atoms with Crippen LogP contribution in [0.4, 0.5) is 0 Å². The third-order valence-electron chi connectivity index (χ3n) is 3.04. The number of carbonyl (C=O) groups excluding carboxylic acids is 1. The second-order valence-corrected chi connectivity index (χ2v) is 5.30. The normalized spacial score (nSPS) is 24.1. The van der Waals surface area contributed by atoms with Gasteiger partial charge in [0.2, 0.25) is 5.91 Å². The lowest BCUT2D eigenvalue weighted by Gasteiger charge is -2.35. The van der Waals surface area contributed by atoms with Gasteiger partial charge in [-0.25, -0.2) is 0 Å². The fraction of sp³-hybridized carbons (Fsp3) is 0.500. The van der Waals surface area contributed by atoms with Crippen LogP contribution < -0.4 is 0 Å². The number of amides is 1. The third kappa shape index (κ3) is 3.47. The van der Waals surface area contributed by atoms with Crippen LogP contribution in [0.2, 0.25) is 5.02 Å². The summed E-state index contributed by atoms with van der Waals surface area (Å²) in [6.45, 7) is 5.35. The Morgan fingerprint density at radius 1 is 1.28 bits per heavy atom. The van der Waals surface area contributed by atoms with E-state index in [1.165, 1.54) is 0 Å². The molecule has 0 bridgehead atoms. The van der Waals surface area contributed by atoms with Gasteiger partial charge in [0.25, 0.3) is 0 Å². The molecule has 1 aliphatic heterocycles.